The fourth-order valence-corrected chi connectivity index (χ4v) is 3.93. The molecule has 1 aromatic heterocycles. The Bertz CT molecular complexity index is 1130. The molecule has 2 N–H and O–H groups in total. The molecule has 2 heterocycles. The molecule has 0 saturated heterocycles. The first kappa shape index (κ1) is 26.3. The summed E-state index contributed by atoms with van der Waals surface area (Å²) >= 11 is 0. The van der Waals surface area contributed by atoms with Crippen LogP contribution in [0.2, 0.25) is 0 Å². The lowest BCUT2D eigenvalue weighted by atomic mass is 10.1. The van der Waals surface area contributed by atoms with Gasteiger partial charge in [-0.05, 0) is 31.3 Å². The van der Waals surface area contributed by atoms with Crippen LogP contribution in [0.1, 0.15) is 34.0 Å². The van der Waals surface area contributed by atoms with Crippen LogP contribution in [0.3, 0.4) is 0 Å². The number of halogens is 1. The number of pyridine rings is 1. The fourth-order valence-electron chi connectivity index (χ4n) is 3.93. The van der Waals surface area contributed by atoms with Gasteiger partial charge in [0.05, 0.1) is 12.7 Å². The largest absolute Gasteiger partial charge is 0.486 e. The zero-order chi connectivity index (χ0) is 23.9. The molecule has 7 nitrogen and oxygen atoms in total. The van der Waals surface area contributed by atoms with E-state index in [-0.39, 0.29) is 32.1 Å². The molecule has 35 heavy (non-hydrogen) atoms. The number of hydrogen-bond donors (Lipinski definition) is 2. The van der Waals surface area contributed by atoms with E-state index in [1.807, 2.05) is 37.4 Å². The Morgan fingerprint density at radius 1 is 1.17 bits per heavy atom. The van der Waals surface area contributed by atoms with Crippen molar-refractivity contribution in [2.75, 3.05) is 39.1 Å². The monoisotopic (exact) mass is 498 g/mol. The molecule has 1 aliphatic heterocycles. The molecule has 0 spiro atoms. The van der Waals surface area contributed by atoms with Crippen LogP contribution in [0.15, 0.2) is 60.7 Å². The van der Waals surface area contributed by atoms with Gasteiger partial charge in [0.1, 0.15) is 23.5 Å². The number of aromatic nitrogens is 1. The molecule has 0 saturated carbocycles. The van der Waals surface area contributed by atoms with Crippen LogP contribution in [0.25, 0.3) is 0 Å². The molecule has 4 rings (SSSR count). The number of nitrogens with zero attached hydrogens (tertiary/aromatic N) is 2. The molecule has 0 fully saturated rings. The first-order valence-corrected chi connectivity index (χ1v) is 11.3. The Labute approximate surface area is 212 Å². The SMILES string of the molecule is CNCC[C@H](Oc1ccc(CN2CCNc3nc(OC)ccc3C2=O)c(F)c1)c1ccccc1.S. The van der Waals surface area contributed by atoms with Crippen LogP contribution in [-0.2, 0) is 6.54 Å². The van der Waals surface area contributed by atoms with Gasteiger partial charge in [-0.3, -0.25) is 4.79 Å². The first-order valence-electron chi connectivity index (χ1n) is 11.3. The van der Waals surface area contributed by atoms with E-state index in [4.69, 9.17) is 9.47 Å². The van der Waals surface area contributed by atoms with Crippen LogP contribution in [0, 0.1) is 5.82 Å². The van der Waals surface area contributed by atoms with Gasteiger partial charge in [0, 0.05) is 43.8 Å². The van der Waals surface area contributed by atoms with Gasteiger partial charge in [0.25, 0.3) is 5.91 Å². The average Bonchev–Trinajstić information content (AvgIpc) is 3.02. The third-order valence-electron chi connectivity index (χ3n) is 5.76. The van der Waals surface area contributed by atoms with Crippen molar-refractivity contribution in [3.8, 4) is 11.6 Å². The molecule has 3 aromatic rings. The smallest absolute Gasteiger partial charge is 0.257 e. The number of anilines is 1. The van der Waals surface area contributed by atoms with Gasteiger partial charge in [0.15, 0.2) is 0 Å². The third-order valence-corrected chi connectivity index (χ3v) is 5.76. The van der Waals surface area contributed by atoms with Crippen LogP contribution in [-0.4, -0.2) is 49.6 Å². The van der Waals surface area contributed by atoms with Crippen molar-refractivity contribution in [1.82, 2.24) is 15.2 Å². The number of benzene rings is 2. The zero-order valence-electron chi connectivity index (χ0n) is 19.9. The summed E-state index contributed by atoms with van der Waals surface area (Å²) in [6, 6.07) is 18.1. The maximum absolute atomic E-state index is 15.1. The second-order valence-electron chi connectivity index (χ2n) is 8.07. The molecule has 186 valence electrons. The number of carbonyl (C=O) groups is 1. The van der Waals surface area contributed by atoms with E-state index in [0.717, 1.165) is 18.5 Å². The second-order valence-corrected chi connectivity index (χ2v) is 8.07. The van der Waals surface area contributed by atoms with E-state index in [0.29, 0.717) is 41.7 Å². The Balaban J connectivity index is 0.00000342. The van der Waals surface area contributed by atoms with E-state index in [9.17, 15) is 4.79 Å². The summed E-state index contributed by atoms with van der Waals surface area (Å²) in [6.07, 6.45) is 0.551. The molecule has 0 aliphatic carbocycles. The molecule has 0 unspecified atom stereocenters. The Kier molecular flexibility index (Phi) is 9.33. The van der Waals surface area contributed by atoms with Crippen molar-refractivity contribution < 1.29 is 18.7 Å². The highest BCUT2D eigenvalue weighted by atomic mass is 32.1. The number of methoxy groups -OCH3 is 1. The molecule has 9 heteroatoms. The lowest BCUT2D eigenvalue weighted by molar-refractivity contribution is 0.0754. The molecular weight excluding hydrogens is 467 g/mol. The highest BCUT2D eigenvalue weighted by Gasteiger charge is 2.25. The van der Waals surface area contributed by atoms with E-state index in [2.05, 4.69) is 15.6 Å². The van der Waals surface area contributed by atoms with Crippen molar-refractivity contribution in [2.45, 2.75) is 19.1 Å². The fraction of sp³-hybridized carbons (Fsp3) is 0.308. The molecule has 0 bridgehead atoms. The van der Waals surface area contributed by atoms with Crippen molar-refractivity contribution >= 4 is 25.2 Å². The summed E-state index contributed by atoms with van der Waals surface area (Å²) in [5.41, 5.74) is 1.90. The highest BCUT2D eigenvalue weighted by molar-refractivity contribution is 7.59. The maximum atomic E-state index is 15.1. The quantitative estimate of drug-likeness (QED) is 0.462. The van der Waals surface area contributed by atoms with Gasteiger partial charge < -0.3 is 25.0 Å². The normalized spacial score (nSPS) is 13.7. The van der Waals surface area contributed by atoms with Crippen molar-refractivity contribution in [1.29, 1.82) is 0 Å². The maximum Gasteiger partial charge on any atom is 0.257 e. The Morgan fingerprint density at radius 3 is 2.69 bits per heavy atom. The first-order chi connectivity index (χ1) is 16.6. The van der Waals surface area contributed by atoms with Gasteiger partial charge in [0.2, 0.25) is 5.88 Å². The summed E-state index contributed by atoms with van der Waals surface area (Å²) in [5, 5.41) is 6.29. The van der Waals surface area contributed by atoms with E-state index < -0.39 is 5.82 Å². The van der Waals surface area contributed by atoms with Gasteiger partial charge in [-0.15, -0.1) is 0 Å². The molecule has 1 amide bonds. The van der Waals surface area contributed by atoms with Crippen molar-refractivity contribution in [3.63, 3.8) is 0 Å². The number of carbonyl (C=O) groups excluding carboxylic acids is 1. The number of rotatable bonds is 9. The van der Waals surface area contributed by atoms with Gasteiger partial charge >= 0.3 is 0 Å². The number of nitrogens with one attached hydrogen (secondary N) is 2. The molecular formula is C26H31FN4O3S. The van der Waals surface area contributed by atoms with Crippen molar-refractivity contribution in [2.24, 2.45) is 0 Å². The number of ether oxygens (including phenoxy) is 2. The topological polar surface area (TPSA) is 75.7 Å². The second kappa shape index (κ2) is 12.4. The van der Waals surface area contributed by atoms with Gasteiger partial charge in [-0.2, -0.15) is 18.5 Å². The highest BCUT2D eigenvalue weighted by Crippen LogP contribution is 2.28. The van der Waals surface area contributed by atoms with Gasteiger partial charge in [-0.25, -0.2) is 4.39 Å². The predicted molar refractivity (Wildman–Crippen MR) is 139 cm³/mol. The predicted octanol–water partition coefficient (Wildman–Crippen LogP) is 4.14. The minimum atomic E-state index is -0.406. The van der Waals surface area contributed by atoms with Gasteiger partial charge in [-0.1, -0.05) is 36.4 Å². The summed E-state index contributed by atoms with van der Waals surface area (Å²) in [4.78, 5) is 19.0. The average molecular weight is 499 g/mol. The lowest BCUT2D eigenvalue weighted by Gasteiger charge is -2.22. The molecule has 1 atom stereocenters. The molecule has 0 radical (unpaired) electrons. The van der Waals surface area contributed by atoms with E-state index in [1.54, 1.807) is 29.2 Å². The standard InChI is InChI=1S/C26H29FN4O3.H2S/c1-28-13-12-23(18-6-4-3-5-7-18)34-20-9-8-19(22(27)16-20)17-31-15-14-29-25-21(26(31)32)10-11-24(30-25)33-2;/h3-11,16,23,28H,12-15,17H2,1-2H3,(H,29,30);1H2/t23-;/m0./s1. The van der Waals surface area contributed by atoms with Crippen LogP contribution < -0.4 is 20.1 Å². The Morgan fingerprint density at radius 2 is 1.97 bits per heavy atom. The zero-order valence-corrected chi connectivity index (χ0v) is 20.9. The molecule has 1 aliphatic rings. The number of amides is 1. The number of fused-ring (bicyclic) bond motifs is 1. The summed E-state index contributed by atoms with van der Waals surface area (Å²) in [6.45, 7) is 1.86. The van der Waals surface area contributed by atoms with Crippen LogP contribution in [0.4, 0.5) is 10.2 Å². The minimum absolute atomic E-state index is 0. The van der Waals surface area contributed by atoms with E-state index in [1.165, 1.54) is 13.2 Å². The lowest BCUT2D eigenvalue weighted by Crippen LogP contribution is -2.32. The summed E-state index contributed by atoms with van der Waals surface area (Å²) in [7, 11) is 3.42. The van der Waals surface area contributed by atoms with Crippen molar-refractivity contribution in [3.05, 3.63) is 83.2 Å². The minimum Gasteiger partial charge on any atom is -0.486 e. The summed E-state index contributed by atoms with van der Waals surface area (Å²) < 4.78 is 26.3. The third kappa shape index (κ3) is 6.43. The molecule has 2 aromatic carbocycles. The number of hydrogen-bond acceptors (Lipinski definition) is 6. The van der Waals surface area contributed by atoms with E-state index >= 15 is 4.39 Å². The van der Waals surface area contributed by atoms with Crippen LogP contribution >= 0.6 is 13.5 Å². The summed E-state index contributed by atoms with van der Waals surface area (Å²) in [5.74, 6) is 0.751. The van der Waals surface area contributed by atoms with Crippen LogP contribution in [0.5, 0.6) is 11.6 Å². The Hall–Kier alpha value is -3.30.